The van der Waals surface area contributed by atoms with E-state index in [1.807, 2.05) is 23.9 Å². The first-order chi connectivity index (χ1) is 8.90. The number of thioether (sulfide) groups is 1. The Morgan fingerprint density at radius 2 is 2.17 bits per heavy atom. The van der Waals surface area contributed by atoms with Crippen LogP contribution in [0.1, 0.15) is 6.42 Å². The van der Waals surface area contributed by atoms with Gasteiger partial charge in [0.05, 0.1) is 13.7 Å². The van der Waals surface area contributed by atoms with Gasteiger partial charge in [-0.3, -0.25) is 0 Å². The summed E-state index contributed by atoms with van der Waals surface area (Å²) in [6.07, 6.45) is 1.06. The molecule has 3 nitrogen and oxygen atoms in total. The molecule has 1 aliphatic rings. The molecule has 0 spiro atoms. The maximum atomic E-state index is 5.74. The van der Waals surface area contributed by atoms with Gasteiger partial charge in [-0.05, 0) is 24.6 Å². The molecule has 0 aromatic heterocycles. The van der Waals surface area contributed by atoms with Crippen LogP contribution < -0.4 is 9.47 Å². The average Bonchev–Trinajstić information content (AvgIpc) is 2.45. The number of hydrogen-bond acceptors (Lipinski definition) is 4. The second-order valence-corrected chi connectivity index (χ2v) is 5.46. The predicted molar refractivity (Wildman–Crippen MR) is 75.7 cm³/mol. The van der Waals surface area contributed by atoms with Crippen molar-refractivity contribution in [1.82, 2.24) is 4.90 Å². The Balaban J connectivity index is 1.68. The van der Waals surface area contributed by atoms with Crippen LogP contribution in [0.25, 0.3) is 0 Å². The number of methoxy groups -OCH3 is 1. The Morgan fingerprint density at radius 3 is 2.94 bits per heavy atom. The van der Waals surface area contributed by atoms with Gasteiger partial charge >= 0.3 is 0 Å². The Bertz CT molecular complexity index is 353. The van der Waals surface area contributed by atoms with Crippen LogP contribution in [0.15, 0.2) is 18.2 Å². The third-order valence-corrected chi connectivity index (χ3v) is 3.93. The molecule has 1 aromatic rings. The third-order valence-electron chi connectivity index (χ3n) is 2.99. The van der Waals surface area contributed by atoms with Crippen LogP contribution in [0.4, 0.5) is 0 Å². The molecule has 0 unspecified atom stereocenters. The van der Waals surface area contributed by atoms with E-state index in [4.69, 9.17) is 9.47 Å². The molecule has 0 atom stereocenters. The summed E-state index contributed by atoms with van der Waals surface area (Å²) in [6, 6.07) is 8.53. The standard InChI is InChI=1S/C14H20NO2S/c1-16-13-5-2-3-6-14(13)17-10-4-7-15-8-11-18-12-9-15/h3,5-6H,4,7-12H2,1H3. The average molecular weight is 266 g/mol. The van der Waals surface area contributed by atoms with Crippen molar-refractivity contribution in [2.24, 2.45) is 0 Å². The van der Waals surface area contributed by atoms with Gasteiger partial charge < -0.3 is 14.4 Å². The normalized spacial score (nSPS) is 16.5. The van der Waals surface area contributed by atoms with Crippen molar-refractivity contribution < 1.29 is 9.47 Å². The van der Waals surface area contributed by atoms with Crippen LogP contribution in [0.2, 0.25) is 0 Å². The van der Waals surface area contributed by atoms with Crippen LogP contribution in [0.3, 0.4) is 0 Å². The quantitative estimate of drug-likeness (QED) is 0.737. The fourth-order valence-corrected chi connectivity index (χ4v) is 2.95. The van der Waals surface area contributed by atoms with Gasteiger partial charge in [-0.15, -0.1) is 0 Å². The van der Waals surface area contributed by atoms with Gasteiger partial charge in [0.15, 0.2) is 11.5 Å². The van der Waals surface area contributed by atoms with E-state index >= 15 is 0 Å². The molecule has 1 fully saturated rings. The van der Waals surface area contributed by atoms with Gasteiger partial charge in [-0.25, -0.2) is 0 Å². The predicted octanol–water partition coefficient (Wildman–Crippen LogP) is 2.31. The lowest BCUT2D eigenvalue weighted by Gasteiger charge is -2.25. The minimum Gasteiger partial charge on any atom is -0.493 e. The molecule has 1 aromatic carbocycles. The monoisotopic (exact) mass is 266 g/mol. The Labute approximate surface area is 113 Å². The van der Waals surface area contributed by atoms with Crippen molar-refractivity contribution in [1.29, 1.82) is 0 Å². The van der Waals surface area contributed by atoms with Crippen molar-refractivity contribution in [2.75, 3.05) is 44.9 Å². The fraction of sp³-hybridized carbons (Fsp3) is 0.571. The number of hydrogen-bond donors (Lipinski definition) is 0. The van der Waals surface area contributed by atoms with Crippen molar-refractivity contribution in [2.45, 2.75) is 6.42 Å². The molecule has 18 heavy (non-hydrogen) atoms. The molecule has 0 amide bonds. The van der Waals surface area contributed by atoms with Gasteiger partial charge in [0.25, 0.3) is 0 Å². The van der Waals surface area contributed by atoms with Crippen LogP contribution >= 0.6 is 11.8 Å². The van der Waals surface area contributed by atoms with E-state index in [0.29, 0.717) is 0 Å². The van der Waals surface area contributed by atoms with Crippen LogP contribution in [-0.4, -0.2) is 49.8 Å². The zero-order chi connectivity index (χ0) is 12.6. The van der Waals surface area contributed by atoms with Crippen molar-refractivity contribution in [3.8, 4) is 11.5 Å². The molecule has 0 aliphatic carbocycles. The van der Waals surface area contributed by atoms with E-state index in [0.717, 1.165) is 31.1 Å². The summed E-state index contributed by atoms with van der Waals surface area (Å²) in [7, 11) is 1.65. The van der Waals surface area contributed by atoms with E-state index < -0.39 is 0 Å². The molecule has 99 valence electrons. The number of ether oxygens (including phenoxy) is 2. The lowest BCUT2D eigenvalue weighted by Crippen LogP contribution is -2.33. The van der Waals surface area contributed by atoms with Crippen molar-refractivity contribution >= 4 is 11.8 Å². The van der Waals surface area contributed by atoms with Crippen molar-refractivity contribution in [3.05, 3.63) is 24.3 Å². The SMILES string of the molecule is COc1c[c]ccc1OCCCN1CCSCC1. The Kier molecular flexibility index (Phi) is 5.68. The Morgan fingerprint density at radius 1 is 1.33 bits per heavy atom. The second kappa shape index (κ2) is 7.54. The molecular weight excluding hydrogens is 246 g/mol. The molecule has 0 N–H and O–H groups in total. The lowest BCUT2D eigenvalue weighted by atomic mass is 10.3. The molecule has 1 radical (unpaired) electrons. The van der Waals surface area contributed by atoms with E-state index in [2.05, 4.69) is 11.0 Å². The van der Waals surface area contributed by atoms with E-state index in [1.54, 1.807) is 13.2 Å². The summed E-state index contributed by atoms with van der Waals surface area (Å²) in [5.41, 5.74) is 0. The smallest absolute Gasteiger partial charge is 0.161 e. The number of benzene rings is 1. The third kappa shape index (κ3) is 4.10. The first-order valence-corrected chi connectivity index (χ1v) is 7.52. The molecular formula is C14H20NO2S. The highest BCUT2D eigenvalue weighted by Gasteiger charge is 2.09. The molecule has 2 rings (SSSR count). The van der Waals surface area contributed by atoms with Crippen molar-refractivity contribution in [3.63, 3.8) is 0 Å². The first kappa shape index (κ1) is 13.6. The highest BCUT2D eigenvalue weighted by Crippen LogP contribution is 2.25. The minimum atomic E-state index is 0.740. The van der Waals surface area contributed by atoms with Gasteiger partial charge in [0.1, 0.15) is 0 Å². The van der Waals surface area contributed by atoms with E-state index in [-0.39, 0.29) is 0 Å². The summed E-state index contributed by atoms with van der Waals surface area (Å²) < 4.78 is 11.0. The summed E-state index contributed by atoms with van der Waals surface area (Å²) >= 11 is 2.05. The minimum absolute atomic E-state index is 0.740. The number of nitrogens with zero attached hydrogens (tertiary/aromatic N) is 1. The molecule has 1 heterocycles. The fourth-order valence-electron chi connectivity index (χ4n) is 1.97. The molecule has 1 saturated heterocycles. The Hall–Kier alpha value is -0.870. The highest BCUT2D eigenvalue weighted by atomic mass is 32.2. The van der Waals surface area contributed by atoms with Gasteiger partial charge in [-0.2, -0.15) is 11.8 Å². The molecule has 0 saturated carbocycles. The van der Waals surface area contributed by atoms with E-state index in [9.17, 15) is 0 Å². The van der Waals surface area contributed by atoms with E-state index in [1.165, 1.54) is 24.6 Å². The molecule has 4 heteroatoms. The number of rotatable bonds is 6. The summed E-state index contributed by atoms with van der Waals surface area (Å²) in [5.74, 6) is 4.10. The molecule has 1 aliphatic heterocycles. The summed E-state index contributed by atoms with van der Waals surface area (Å²) in [4.78, 5) is 2.51. The zero-order valence-corrected chi connectivity index (χ0v) is 11.7. The highest BCUT2D eigenvalue weighted by molar-refractivity contribution is 7.99. The molecule has 0 bridgehead atoms. The zero-order valence-electron chi connectivity index (χ0n) is 10.9. The van der Waals surface area contributed by atoms with Crippen LogP contribution in [0, 0.1) is 6.07 Å². The van der Waals surface area contributed by atoms with Crippen LogP contribution in [0.5, 0.6) is 11.5 Å². The van der Waals surface area contributed by atoms with Gasteiger partial charge in [0, 0.05) is 31.1 Å². The first-order valence-electron chi connectivity index (χ1n) is 6.37. The second-order valence-electron chi connectivity index (χ2n) is 4.23. The largest absolute Gasteiger partial charge is 0.493 e. The van der Waals surface area contributed by atoms with Crippen LogP contribution in [-0.2, 0) is 0 Å². The summed E-state index contributed by atoms with van der Waals surface area (Å²) in [6.45, 7) is 4.30. The summed E-state index contributed by atoms with van der Waals surface area (Å²) in [5, 5.41) is 0. The maximum Gasteiger partial charge on any atom is 0.161 e. The lowest BCUT2D eigenvalue weighted by molar-refractivity contribution is 0.242. The topological polar surface area (TPSA) is 21.7 Å². The van der Waals surface area contributed by atoms with Gasteiger partial charge in [0.2, 0.25) is 0 Å². The van der Waals surface area contributed by atoms with Gasteiger partial charge in [-0.1, -0.05) is 6.07 Å². The maximum absolute atomic E-state index is 5.74.